The van der Waals surface area contributed by atoms with E-state index in [1.165, 1.54) is 0 Å². The van der Waals surface area contributed by atoms with Crippen LogP contribution < -0.4 is 5.32 Å². The molecule has 0 spiro atoms. The zero-order chi connectivity index (χ0) is 32.3. The Kier molecular flexibility index (Phi) is 7.32. The Bertz CT molecular complexity index is 1700. The number of nitriles is 1. The number of nitrogens with zero attached hydrogens (tertiary/aromatic N) is 7. The molecule has 12 heteroatoms. The van der Waals surface area contributed by atoms with Crippen LogP contribution in [0.4, 0.5) is 0 Å². The Morgan fingerprint density at radius 3 is 2.11 bits per heavy atom. The van der Waals surface area contributed by atoms with Crippen molar-refractivity contribution in [2.45, 2.75) is 75.4 Å². The van der Waals surface area contributed by atoms with Crippen molar-refractivity contribution >= 4 is 17.7 Å². The van der Waals surface area contributed by atoms with Crippen LogP contribution in [0.5, 0.6) is 0 Å². The molecule has 0 unspecified atom stereocenters. The van der Waals surface area contributed by atoms with Crippen LogP contribution >= 0.6 is 0 Å². The predicted molar refractivity (Wildman–Crippen MR) is 170 cm³/mol. The molecule has 242 valence electrons. The standard InChI is InChI=1S/C35H39N9O3/c1-21(37-20-31(45)44-27(19-36)16-26-17-30(26)44)18-35(34-38-40-41-39-34)28-8-6-24(32(46)42-10-2-11-42)14-22(28)4-5-23-15-25(7-9-29(23)35)33(47)43-12-3-13-43/h6-9,14-15,21,26-27,30,37H,2-5,10-13,16-18,20H2,1H3,(H,38,39,40,41)/t21-,26+,27-,30-/m0/s1. The molecule has 12 nitrogen and oxygen atoms in total. The molecule has 5 aliphatic rings. The van der Waals surface area contributed by atoms with Crippen molar-refractivity contribution in [3.05, 3.63) is 75.6 Å². The quantitative estimate of drug-likeness (QED) is 0.383. The maximum atomic E-state index is 13.4. The lowest BCUT2D eigenvalue weighted by Crippen LogP contribution is -2.46. The molecule has 3 saturated heterocycles. The minimum absolute atomic E-state index is 0.0409. The fourth-order valence-electron chi connectivity index (χ4n) is 8.24. The monoisotopic (exact) mass is 633 g/mol. The van der Waals surface area contributed by atoms with E-state index < -0.39 is 5.41 Å². The number of benzene rings is 2. The van der Waals surface area contributed by atoms with E-state index in [9.17, 15) is 19.6 Å². The van der Waals surface area contributed by atoms with Gasteiger partial charge in [-0.2, -0.15) is 5.26 Å². The molecular formula is C35H39N9O3. The van der Waals surface area contributed by atoms with Gasteiger partial charge in [0.2, 0.25) is 5.91 Å². The minimum Gasteiger partial charge on any atom is -0.339 e. The number of amides is 3. The molecule has 1 aromatic heterocycles. The highest BCUT2D eigenvalue weighted by Crippen LogP contribution is 2.48. The molecule has 1 saturated carbocycles. The van der Waals surface area contributed by atoms with Crippen LogP contribution in [0.25, 0.3) is 0 Å². The number of aromatic amines is 1. The number of carbonyl (C=O) groups excluding carboxylic acids is 3. The predicted octanol–water partition coefficient (Wildman–Crippen LogP) is 2.21. The summed E-state index contributed by atoms with van der Waals surface area (Å²) in [6, 6.07) is 13.9. The first-order valence-corrected chi connectivity index (χ1v) is 16.9. The molecule has 0 radical (unpaired) electrons. The highest BCUT2D eigenvalue weighted by Gasteiger charge is 2.54. The van der Waals surface area contributed by atoms with Gasteiger partial charge in [0.05, 0.1) is 18.0 Å². The zero-order valence-corrected chi connectivity index (χ0v) is 26.6. The average Bonchev–Trinajstić information content (AvgIpc) is 3.40. The number of aromatic nitrogens is 4. The van der Waals surface area contributed by atoms with Gasteiger partial charge in [0.25, 0.3) is 11.8 Å². The number of hydrogen-bond donors (Lipinski definition) is 2. The van der Waals surface area contributed by atoms with Gasteiger partial charge in [0.1, 0.15) is 6.04 Å². The van der Waals surface area contributed by atoms with Crippen molar-refractivity contribution in [1.82, 2.24) is 40.6 Å². The first kappa shape index (κ1) is 29.8. The molecular weight excluding hydrogens is 594 g/mol. The van der Waals surface area contributed by atoms with E-state index in [0.29, 0.717) is 42.1 Å². The summed E-state index contributed by atoms with van der Waals surface area (Å²) in [5, 5.41) is 28.7. The maximum Gasteiger partial charge on any atom is 0.253 e. The van der Waals surface area contributed by atoms with Crippen LogP contribution in [0, 0.1) is 17.2 Å². The number of rotatable bonds is 8. The first-order valence-electron chi connectivity index (χ1n) is 16.9. The summed E-state index contributed by atoms with van der Waals surface area (Å²) >= 11 is 0. The number of fused-ring (bicyclic) bond motifs is 3. The van der Waals surface area contributed by atoms with Crippen LogP contribution in [0.3, 0.4) is 0 Å². The van der Waals surface area contributed by atoms with Crippen molar-refractivity contribution in [3.8, 4) is 6.07 Å². The van der Waals surface area contributed by atoms with Crippen molar-refractivity contribution < 1.29 is 14.4 Å². The summed E-state index contributed by atoms with van der Waals surface area (Å²) in [6.45, 7) is 5.28. The normalized spacial score (nSPS) is 24.1. The Balaban J connectivity index is 1.17. The van der Waals surface area contributed by atoms with E-state index in [1.54, 1.807) is 4.90 Å². The van der Waals surface area contributed by atoms with E-state index in [4.69, 9.17) is 0 Å². The van der Waals surface area contributed by atoms with E-state index in [0.717, 1.165) is 74.1 Å². The van der Waals surface area contributed by atoms with Crippen molar-refractivity contribution in [2.75, 3.05) is 32.7 Å². The Morgan fingerprint density at radius 2 is 1.60 bits per heavy atom. The van der Waals surface area contributed by atoms with Gasteiger partial charge in [0.15, 0.2) is 5.82 Å². The van der Waals surface area contributed by atoms with Gasteiger partial charge in [0, 0.05) is 49.4 Å². The Labute approximate surface area is 273 Å². The number of tetrazole rings is 1. The van der Waals surface area contributed by atoms with Crippen molar-refractivity contribution in [2.24, 2.45) is 5.92 Å². The van der Waals surface area contributed by atoms with Gasteiger partial charge in [-0.05, 0) is 115 Å². The van der Waals surface area contributed by atoms with Gasteiger partial charge in [-0.1, -0.05) is 12.1 Å². The lowest BCUT2D eigenvalue weighted by molar-refractivity contribution is -0.131. The molecule has 0 bridgehead atoms. The van der Waals surface area contributed by atoms with Gasteiger partial charge in [-0.3, -0.25) is 14.4 Å². The lowest BCUT2D eigenvalue weighted by Gasteiger charge is -2.37. The van der Waals surface area contributed by atoms with Crippen LogP contribution in [0.2, 0.25) is 0 Å². The second-order valence-electron chi connectivity index (χ2n) is 13.9. The second-order valence-corrected chi connectivity index (χ2v) is 13.9. The van der Waals surface area contributed by atoms with Gasteiger partial charge >= 0.3 is 0 Å². The van der Waals surface area contributed by atoms with Crippen molar-refractivity contribution in [1.29, 1.82) is 5.26 Å². The molecule has 47 heavy (non-hydrogen) atoms. The molecule has 3 amide bonds. The Hall–Kier alpha value is -4.63. The fourth-order valence-corrected chi connectivity index (χ4v) is 8.24. The van der Waals surface area contributed by atoms with Crippen LogP contribution in [0.1, 0.15) is 87.8 Å². The first-order chi connectivity index (χ1) is 22.9. The number of carbonyl (C=O) groups is 3. The number of nitrogens with one attached hydrogen (secondary N) is 2. The van der Waals surface area contributed by atoms with E-state index in [2.05, 4.69) is 38.9 Å². The Morgan fingerprint density at radius 1 is 0.979 bits per heavy atom. The minimum atomic E-state index is -0.860. The molecule has 4 heterocycles. The summed E-state index contributed by atoms with van der Waals surface area (Å²) in [6.07, 6.45) is 5.67. The van der Waals surface area contributed by atoms with Gasteiger partial charge in [-0.15, -0.1) is 5.10 Å². The summed E-state index contributed by atoms with van der Waals surface area (Å²) < 4.78 is 0. The lowest BCUT2D eigenvalue weighted by atomic mass is 9.67. The number of hydrogen-bond acceptors (Lipinski definition) is 8. The smallest absolute Gasteiger partial charge is 0.253 e. The third-order valence-corrected chi connectivity index (χ3v) is 11.1. The summed E-state index contributed by atoms with van der Waals surface area (Å²) in [5.74, 6) is 1.06. The number of H-pyrrole nitrogens is 1. The van der Waals surface area contributed by atoms with Gasteiger partial charge < -0.3 is 20.0 Å². The van der Waals surface area contributed by atoms with Crippen LogP contribution in [0.15, 0.2) is 36.4 Å². The maximum absolute atomic E-state index is 13.4. The number of likely N-dealkylation sites (tertiary alicyclic amines) is 3. The third kappa shape index (κ3) is 4.99. The molecule has 8 rings (SSSR count). The summed E-state index contributed by atoms with van der Waals surface area (Å²) in [5.41, 5.74) is 4.55. The average molecular weight is 634 g/mol. The molecule has 3 aromatic rings. The van der Waals surface area contributed by atoms with Crippen LogP contribution in [-0.4, -0.2) is 104 Å². The van der Waals surface area contributed by atoms with E-state index in [-0.39, 0.29) is 42.4 Å². The molecule has 2 aromatic carbocycles. The van der Waals surface area contributed by atoms with E-state index >= 15 is 0 Å². The molecule has 4 fully saturated rings. The second kappa shape index (κ2) is 11.6. The highest BCUT2D eigenvalue weighted by atomic mass is 16.2. The summed E-state index contributed by atoms with van der Waals surface area (Å²) in [7, 11) is 0. The largest absolute Gasteiger partial charge is 0.339 e. The number of aryl methyl sites for hydroxylation is 2. The molecule has 2 aliphatic carbocycles. The highest BCUT2D eigenvalue weighted by molar-refractivity contribution is 5.96. The molecule has 3 aliphatic heterocycles. The SMILES string of the molecule is C[C@@H](CC1(c2nnn[nH]2)c2ccc(C(=O)N3CCC3)cc2CCc2cc(C(=O)N3CCC3)ccc21)NCC(=O)N1[C@H](C#N)C[C@@H]2C[C@@H]21. The fraction of sp³-hybridized carbons (Fsp3) is 0.514. The molecule has 4 atom stereocenters. The van der Waals surface area contributed by atoms with Gasteiger partial charge in [-0.25, -0.2) is 5.10 Å². The third-order valence-electron chi connectivity index (χ3n) is 11.1. The molecule has 2 N–H and O–H groups in total. The zero-order valence-electron chi connectivity index (χ0n) is 26.6. The topological polar surface area (TPSA) is 151 Å². The van der Waals surface area contributed by atoms with E-state index in [1.807, 2.05) is 46.2 Å². The van der Waals surface area contributed by atoms with Crippen LogP contribution in [-0.2, 0) is 23.1 Å². The number of piperidine rings is 1. The van der Waals surface area contributed by atoms with Crippen molar-refractivity contribution in [3.63, 3.8) is 0 Å². The summed E-state index contributed by atoms with van der Waals surface area (Å²) in [4.78, 5) is 45.5.